The molecule has 19 heavy (non-hydrogen) atoms. The summed E-state index contributed by atoms with van der Waals surface area (Å²) in [4.78, 5) is 0. The summed E-state index contributed by atoms with van der Waals surface area (Å²) >= 11 is 0. The summed E-state index contributed by atoms with van der Waals surface area (Å²) in [7, 11) is 0. The van der Waals surface area contributed by atoms with E-state index in [0.717, 1.165) is 12.4 Å². The van der Waals surface area contributed by atoms with Crippen LogP contribution in [0.5, 0.6) is 11.5 Å². The molecule has 2 aromatic rings. The van der Waals surface area contributed by atoms with Crippen LogP contribution in [0.3, 0.4) is 0 Å². The monoisotopic (exact) mass is 303 g/mol. The number of rotatable bonds is 2. The number of nitrogens with one attached hydrogen (secondary N) is 2. The molecule has 2 rings (SSSR count). The van der Waals surface area contributed by atoms with E-state index in [4.69, 9.17) is 10.8 Å². The molecule has 4 nitrogen and oxygen atoms in total. The predicted molar refractivity (Wildman–Crippen MR) is 67.5 cm³/mol. The maximum Gasteiger partial charge on any atom is 2.00 e. The summed E-state index contributed by atoms with van der Waals surface area (Å²) in [6.07, 6.45) is 2.12. The van der Waals surface area contributed by atoms with Crippen LogP contribution in [0, 0.1) is 10.8 Å². The topological polar surface area (TPSA) is 93.8 Å². The average Bonchev–Trinajstić information content (AvgIpc) is 2.41. The van der Waals surface area contributed by atoms with E-state index in [-0.39, 0.29) is 28.6 Å². The minimum atomic E-state index is -0.0903. The summed E-state index contributed by atoms with van der Waals surface area (Å²) in [6.45, 7) is 0. The van der Waals surface area contributed by atoms with Gasteiger partial charge >= 0.3 is 17.1 Å². The molecule has 0 saturated heterocycles. The van der Waals surface area contributed by atoms with E-state index in [1.807, 2.05) is 0 Å². The van der Waals surface area contributed by atoms with Crippen LogP contribution in [-0.4, -0.2) is 12.4 Å². The quantitative estimate of drug-likeness (QED) is 0.650. The van der Waals surface area contributed by atoms with Crippen LogP contribution in [0.1, 0.15) is 11.1 Å². The van der Waals surface area contributed by atoms with Crippen LogP contribution < -0.4 is 10.2 Å². The zero-order valence-electron chi connectivity index (χ0n) is 9.89. The van der Waals surface area contributed by atoms with Gasteiger partial charge in [-0.3, -0.25) is 0 Å². The van der Waals surface area contributed by atoms with E-state index in [0.29, 0.717) is 11.1 Å². The molecule has 0 atom stereocenters. The van der Waals surface area contributed by atoms with Gasteiger partial charge in [0, 0.05) is 12.4 Å². The molecule has 0 fully saturated rings. The van der Waals surface area contributed by atoms with E-state index < -0.39 is 0 Å². The largest absolute Gasteiger partial charge is 2.00 e. The third-order valence-corrected chi connectivity index (χ3v) is 2.15. The van der Waals surface area contributed by atoms with Crippen molar-refractivity contribution in [2.45, 2.75) is 0 Å². The Bertz CT molecular complexity index is 495. The van der Waals surface area contributed by atoms with Crippen LogP contribution in [0.4, 0.5) is 0 Å². The molecule has 0 aromatic heterocycles. The van der Waals surface area contributed by atoms with E-state index in [1.165, 1.54) is 12.1 Å². The third kappa shape index (κ3) is 5.38. The van der Waals surface area contributed by atoms with Crippen molar-refractivity contribution in [2.75, 3.05) is 0 Å². The SMILES string of the molecule is N=Cc1ccccc1[O-].N=Cc1ccccc1[O-].[Cu+2]. The van der Waals surface area contributed by atoms with Gasteiger partial charge in [0.2, 0.25) is 0 Å². The van der Waals surface area contributed by atoms with Crippen LogP contribution >= 0.6 is 0 Å². The maximum absolute atomic E-state index is 10.7. The molecule has 0 unspecified atom stereocenters. The molecule has 5 heteroatoms. The molecule has 0 aliphatic heterocycles. The molecule has 0 aliphatic rings. The van der Waals surface area contributed by atoms with Gasteiger partial charge in [0.05, 0.1) is 0 Å². The van der Waals surface area contributed by atoms with Gasteiger partial charge in [0.1, 0.15) is 0 Å². The number of hydrogen-bond acceptors (Lipinski definition) is 4. The fourth-order valence-corrected chi connectivity index (χ4v) is 1.20. The summed E-state index contributed by atoms with van der Waals surface area (Å²) in [5.41, 5.74) is 0.884. The number of hydrogen-bond donors (Lipinski definition) is 2. The van der Waals surface area contributed by atoms with Gasteiger partial charge in [0.15, 0.2) is 0 Å². The van der Waals surface area contributed by atoms with Crippen molar-refractivity contribution in [3.05, 3.63) is 59.7 Å². The van der Waals surface area contributed by atoms with Crippen molar-refractivity contribution >= 4 is 12.4 Å². The predicted octanol–water partition coefficient (Wildman–Crippen LogP) is 1.51. The van der Waals surface area contributed by atoms with Crippen molar-refractivity contribution in [1.29, 1.82) is 10.8 Å². The molecule has 2 N–H and O–H groups in total. The Morgan fingerprint density at radius 3 is 1.21 bits per heavy atom. The molecule has 0 heterocycles. The molecule has 0 spiro atoms. The molecular formula is C14H12CuN2O2. The summed E-state index contributed by atoms with van der Waals surface area (Å²) in [6, 6.07) is 12.9. The van der Waals surface area contributed by atoms with Gasteiger partial charge in [-0.25, -0.2) is 0 Å². The molecule has 0 saturated carbocycles. The zero-order valence-corrected chi connectivity index (χ0v) is 10.8. The second-order valence-corrected chi connectivity index (χ2v) is 3.36. The van der Waals surface area contributed by atoms with Crippen LogP contribution in [-0.2, 0) is 17.1 Å². The van der Waals surface area contributed by atoms with E-state index in [2.05, 4.69) is 0 Å². The van der Waals surface area contributed by atoms with Gasteiger partial charge in [-0.05, 0) is 11.1 Å². The molecule has 1 radical (unpaired) electrons. The Hall–Kier alpha value is -2.10. The second-order valence-electron chi connectivity index (χ2n) is 3.36. The first-order valence-corrected chi connectivity index (χ1v) is 5.22. The fourth-order valence-electron chi connectivity index (χ4n) is 1.20. The van der Waals surface area contributed by atoms with E-state index >= 15 is 0 Å². The molecule has 0 amide bonds. The first kappa shape index (κ1) is 16.9. The van der Waals surface area contributed by atoms with Gasteiger partial charge in [0.25, 0.3) is 0 Å². The second kappa shape index (κ2) is 8.91. The molecule has 101 valence electrons. The van der Waals surface area contributed by atoms with Gasteiger partial charge in [-0.15, -0.1) is 11.5 Å². The van der Waals surface area contributed by atoms with Crippen LogP contribution in [0.15, 0.2) is 48.5 Å². The van der Waals surface area contributed by atoms with Gasteiger partial charge < -0.3 is 21.0 Å². The van der Waals surface area contributed by atoms with Crippen molar-refractivity contribution in [3.63, 3.8) is 0 Å². The van der Waals surface area contributed by atoms with Crippen molar-refractivity contribution in [1.82, 2.24) is 0 Å². The molecular weight excluding hydrogens is 292 g/mol. The summed E-state index contributed by atoms with van der Waals surface area (Å²) in [5, 5.41) is 34.9. The Morgan fingerprint density at radius 1 is 0.684 bits per heavy atom. The molecule has 2 aromatic carbocycles. The van der Waals surface area contributed by atoms with Crippen LogP contribution in [0.2, 0.25) is 0 Å². The van der Waals surface area contributed by atoms with Crippen molar-refractivity contribution in [3.8, 4) is 11.5 Å². The Balaban J connectivity index is 0.000000324. The minimum Gasteiger partial charge on any atom is -0.872 e. The molecule has 0 aliphatic carbocycles. The smallest absolute Gasteiger partial charge is 0.872 e. The van der Waals surface area contributed by atoms with E-state index in [9.17, 15) is 10.2 Å². The summed E-state index contributed by atoms with van der Waals surface area (Å²) < 4.78 is 0. The molecule has 0 bridgehead atoms. The van der Waals surface area contributed by atoms with E-state index in [1.54, 1.807) is 36.4 Å². The standard InChI is InChI=1S/2C7H7NO.Cu/c2*8-5-6-3-1-2-4-7(6)9;/h2*1-5,8-9H;/q;;+2/p-2. The Morgan fingerprint density at radius 2 is 1.00 bits per heavy atom. The number of benzene rings is 2. The van der Waals surface area contributed by atoms with Gasteiger partial charge in [-0.1, -0.05) is 48.5 Å². The van der Waals surface area contributed by atoms with Crippen molar-refractivity contribution in [2.24, 2.45) is 0 Å². The average molecular weight is 304 g/mol. The van der Waals surface area contributed by atoms with Crippen molar-refractivity contribution < 1.29 is 27.3 Å². The number of para-hydroxylation sites is 2. The first-order valence-electron chi connectivity index (χ1n) is 5.22. The minimum absolute atomic E-state index is 0. The Kier molecular flexibility index (Phi) is 7.93. The third-order valence-electron chi connectivity index (χ3n) is 2.15. The normalized spacial score (nSPS) is 8.42. The zero-order chi connectivity index (χ0) is 13.4. The van der Waals surface area contributed by atoms with Crippen LogP contribution in [0.25, 0.3) is 0 Å². The fraction of sp³-hybridized carbons (Fsp3) is 0. The maximum atomic E-state index is 10.7. The Labute approximate surface area is 122 Å². The summed E-state index contributed by atoms with van der Waals surface area (Å²) in [5.74, 6) is -0.181. The first-order chi connectivity index (χ1) is 8.69. The van der Waals surface area contributed by atoms with Gasteiger partial charge in [-0.2, -0.15) is 0 Å².